The fraction of sp³-hybridized carbons (Fsp3) is 0.692. The predicted molar refractivity (Wildman–Crippen MR) is 74.8 cm³/mol. The van der Waals surface area contributed by atoms with E-state index in [1.807, 2.05) is 0 Å². The predicted octanol–water partition coefficient (Wildman–Crippen LogP) is 2.49. The van der Waals surface area contributed by atoms with Crippen LogP contribution in [0.3, 0.4) is 0 Å². The quantitative estimate of drug-likeness (QED) is 0.658. The third kappa shape index (κ3) is 2.07. The van der Waals surface area contributed by atoms with Crippen LogP contribution in [0.1, 0.15) is 27.7 Å². The number of methoxy groups -OCH3 is 1. The van der Waals surface area contributed by atoms with Gasteiger partial charge in [-0.1, -0.05) is 27.7 Å². The Morgan fingerprint density at radius 1 is 1.35 bits per heavy atom. The smallest absolute Gasteiger partial charge is 0.372 e. The van der Waals surface area contributed by atoms with Crippen LogP contribution in [0.2, 0.25) is 0 Å². The molecular weight excluding hydrogens is 260 g/mol. The van der Waals surface area contributed by atoms with E-state index in [1.165, 1.54) is 13.4 Å². The highest BCUT2D eigenvalue weighted by Gasteiger charge is 2.64. The molecule has 1 aliphatic rings. The molecule has 1 aromatic rings. The molecular formula is C13H20N4O3. The fourth-order valence-electron chi connectivity index (χ4n) is 2.85. The van der Waals surface area contributed by atoms with Crippen LogP contribution in [0.25, 0.3) is 0 Å². The highest BCUT2D eigenvalue weighted by molar-refractivity contribution is 5.61. The number of nitrogens with zero attached hydrogens (tertiary/aromatic N) is 3. The molecule has 1 saturated carbocycles. The van der Waals surface area contributed by atoms with E-state index >= 15 is 0 Å². The van der Waals surface area contributed by atoms with Gasteiger partial charge >= 0.3 is 5.69 Å². The van der Waals surface area contributed by atoms with Crippen LogP contribution < -0.4 is 10.1 Å². The summed E-state index contributed by atoms with van der Waals surface area (Å²) < 4.78 is 4.92. The van der Waals surface area contributed by atoms with Gasteiger partial charge in [-0.25, -0.2) is 4.98 Å². The molecule has 7 heteroatoms. The Bertz CT molecular complexity index is 528. The molecule has 1 heterocycles. The maximum Gasteiger partial charge on any atom is 0.372 e. The maximum absolute atomic E-state index is 11.1. The van der Waals surface area contributed by atoms with Crippen LogP contribution >= 0.6 is 0 Å². The highest BCUT2D eigenvalue weighted by atomic mass is 16.6. The summed E-state index contributed by atoms with van der Waals surface area (Å²) in [5.74, 6) is 0.623. The lowest BCUT2D eigenvalue weighted by atomic mass is 10.0. The van der Waals surface area contributed by atoms with E-state index in [0.717, 1.165) is 0 Å². The first-order valence-corrected chi connectivity index (χ1v) is 6.50. The molecule has 1 aromatic heterocycles. The minimum absolute atomic E-state index is 0.0261. The number of nitrogens with one attached hydrogen (secondary N) is 1. The van der Waals surface area contributed by atoms with Gasteiger partial charge in [0.2, 0.25) is 5.82 Å². The van der Waals surface area contributed by atoms with E-state index in [9.17, 15) is 10.1 Å². The average molecular weight is 280 g/mol. The van der Waals surface area contributed by atoms with Crippen LogP contribution in [-0.2, 0) is 0 Å². The van der Waals surface area contributed by atoms with Gasteiger partial charge in [-0.15, -0.1) is 0 Å². The van der Waals surface area contributed by atoms with Gasteiger partial charge < -0.3 is 10.1 Å². The summed E-state index contributed by atoms with van der Waals surface area (Å²) in [6, 6.07) is 0. The first-order chi connectivity index (χ1) is 9.23. The molecule has 0 atom stereocenters. The van der Waals surface area contributed by atoms with Crippen LogP contribution in [0.5, 0.6) is 5.88 Å². The van der Waals surface area contributed by atoms with Crippen molar-refractivity contribution in [3.05, 3.63) is 16.4 Å². The van der Waals surface area contributed by atoms with Gasteiger partial charge in [-0.3, -0.25) is 10.1 Å². The summed E-state index contributed by atoms with van der Waals surface area (Å²) in [6.07, 6.45) is 1.26. The largest absolute Gasteiger partial charge is 0.476 e. The molecule has 0 radical (unpaired) electrons. The molecule has 0 spiro atoms. The number of rotatable bonds is 5. The summed E-state index contributed by atoms with van der Waals surface area (Å²) in [4.78, 5) is 18.3. The van der Waals surface area contributed by atoms with E-state index in [2.05, 4.69) is 43.0 Å². The van der Waals surface area contributed by atoms with E-state index in [1.54, 1.807) is 0 Å². The molecule has 0 aromatic carbocycles. The summed E-state index contributed by atoms with van der Waals surface area (Å²) in [6.45, 7) is 9.45. The highest BCUT2D eigenvalue weighted by Crippen LogP contribution is 2.68. The first-order valence-electron chi connectivity index (χ1n) is 6.50. The second-order valence-electron chi connectivity index (χ2n) is 6.21. The summed E-state index contributed by atoms with van der Waals surface area (Å²) in [5, 5.41) is 14.2. The van der Waals surface area contributed by atoms with Crippen molar-refractivity contribution in [3.63, 3.8) is 0 Å². The molecule has 0 unspecified atom stereocenters. The van der Waals surface area contributed by atoms with Crippen molar-refractivity contribution in [2.75, 3.05) is 19.0 Å². The molecule has 0 saturated heterocycles. The number of aromatic nitrogens is 2. The first kappa shape index (κ1) is 14.5. The second-order valence-corrected chi connectivity index (χ2v) is 6.21. The van der Waals surface area contributed by atoms with Crippen LogP contribution in [0.4, 0.5) is 11.5 Å². The molecule has 7 nitrogen and oxygen atoms in total. The SMILES string of the molecule is COc1ncnc(NCC2C(C)(C)C2(C)C)c1[N+](=O)[O-]. The van der Waals surface area contributed by atoms with Gasteiger partial charge in [-0.05, 0) is 16.7 Å². The number of anilines is 1. The Labute approximate surface area is 117 Å². The van der Waals surface area contributed by atoms with Crippen molar-refractivity contribution in [1.29, 1.82) is 0 Å². The van der Waals surface area contributed by atoms with E-state index in [4.69, 9.17) is 4.74 Å². The van der Waals surface area contributed by atoms with Crippen LogP contribution in [-0.4, -0.2) is 28.5 Å². The minimum Gasteiger partial charge on any atom is -0.476 e. The molecule has 2 rings (SSSR count). The van der Waals surface area contributed by atoms with Crippen molar-refractivity contribution in [2.45, 2.75) is 27.7 Å². The number of hydrogen-bond acceptors (Lipinski definition) is 6. The van der Waals surface area contributed by atoms with Crippen molar-refractivity contribution < 1.29 is 9.66 Å². The third-order valence-corrected chi connectivity index (χ3v) is 4.96. The average Bonchev–Trinajstić information content (AvgIpc) is 2.76. The Morgan fingerprint density at radius 3 is 2.40 bits per heavy atom. The maximum atomic E-state index is 11.1. The lowest BCUT2D eigenvalue weighted by molar-refractivity contribution is -0.385. The van der Waals surface area contributed by atoms with Crippen LogP contribution in [0.15, 0.2) is 6.33 Å². The third-order valence-electron chi connectivity index (χ3n) is 4.96. The van der Waals surface area contributed by atoms with Crippen molar-refractivity contribution >= 4 is 11.5 Å². The monoisotopic (exact) mass is 280 g/mol. The molecule has 20 heavy (non-hydrogen) atoms. The zero-order valence-corrected chi connectivity index (χ0v) is 12.4. The van der Waals surface area contributed by atoms with Crippen molar-refractivity contribution in [1.82, 2.24) is 9.97 Å². The minimum atomic E-state index is -0.523. The Morgan fingerprint density at radius 2 is 1.95 bits per heavy atom. The second kappa shape index (κ2) is 4.57. The van der Waals surface area contributed by atoms with E-state index in [-0.39, 0.29) is 28.2 Å². The van der Waals surface area contributed by atoms with Crippen molar-refractivity contribution in [3.8, 4) is 5.88 Å². The Hall–Kier alpha value is -1.92. The topological polar surface area (TPSA) is 90.2 Å². The Kier molecular flexibility index (Phi) is 3.31. The Balaban J connectivity index is 2.17. The summed E-state index contributed by atoms with van der Waals surface area (Å²) in [5.41, 5.74) is 0.212. The normalized spacial score (nSPS) is 19.4. The van der Waals surface area contributed by atoms with E-state index < -0.39 is 4.92 Å². The lowest BCUT2D eigenvalue weighted by Crippen LogP contribution is -2.12. The van der Waals surface area contributed by atoms with Crippen LogP contribution in [0, 0.1) is 26.9 Å². The molecule has 1 fully saturated rings. The molecule has 110 valence electrons. The van der Waals surface area contributed by atoms with Gasteiger partial charge in [0.05, 0.1) is 12.0 Å². The number of ether oxygens (including phenoxy) is 1. The van der Waals surface area contributed by atoms with E-state index in [0.29, 0.717) is 12.5 Å². The summed E-state index contributed by atoms with van der Waals surface area (Å²) in [7, 11) is 1.35. The van der Waals surface area contributed by atoms with Gasteiger partial charge in [0.1, 0.15) is 6.33 Å². The molecule has 0 aliphatic heterocycles. The molecule has 0 amide bonds. The molecule has 1 aliphatic carbocycles. The van der Waals surface area contributed by atoms with Crippen molar-refractivity contribution in [2.24, 2.45) is 16.7 Å². The lowest BCUT2D eigenvalue weighted by Gasteiger charge is -2.08. The van der Waals surface area contributed by atoms with Gasteiger partial charge in [0.25, 0.3) is 5.88 Å². The zero-order chi connectivity index (χ0) is 15.1. The fourth-order valence-corrected chi connectivity index (χ4v) is 2.85. The molecule has 1 N–H and O–H groups in total. The number of hydrogen-bond donors (Lipinski definition) is 1. The molecule has 0 bridgehead atoms. The zero-order valence-electron chi connectivity index (χ0n) is 12.4. The standard InChI is InChI=1S/C13H20N4O3/c1-12(2)8(13(12,3)4)6-14-10-9(17(18)19)11(20-5)16-7-15-10/h7-8H,6H2,1-5H3,(H,14,15,16). The summed E-state index contributed by atoms with van der Waals surface area (Å²) >= 11 is 0. The number of nitro groups is 1. The van der Waals surface area contributed by atoms with Gasteiger partial charge in [0.15, 0.2) is 0 Å². The van der Waals surface area contributed by atoms with Gasteiger partial charge in [0, 0.05) is 6.54 Å². The van der Waals surface area contributed by atoms with Gasteiger partial charge in [-0.2, -0.15) is 4.98 Å².